The van der Waals surface area contributed by atoms with E-state index in [9.17, 15) is 0 Å². The molecule has 0 fully saturated rings. The fourth-order valence-electron chi connectivity index (χ4n) is 4.51. The van der Waals surface area contributed by atoms with Gasteiger partial charge in [-0.2, -0.15) is 0 Å². The van der Waals surface area contributed by atoms with Gasteiger partial charge in [-0.05, 0) is 130 Å². The molecule has 0 spiro atoms. The Balaban J connectivity index is 1.33. The molecule has 222 valence electrons. The topological polar surface area (TPSA) is 62.7 Å². The SMILES string of the molecule is COc1ccc(-c2nc(SSc3nc(-c4ccc(OC)cc4)c(-c4ccc(OC)cc4)s3)sc2-c2ccc(OC)cc2)cc1. The van der Waals surface area contributed by atoms with Crippen LogP contribution in [-0.2, 0) is 0 Å². The Morgan fingerprint density at radius 2 is 0.682 bits per heavy atom. The van der Waals surface area contributed by atoms with Crippen molar-refractivity contribution >= 4 is 44.3 Å². The number of thiazole rings is 2. The molecule has 0 N–H and O–H groups in total. The average Bonchev–Trinajstić information content (AvgIpc) is 3.72. The van der Waals surface area contributed by atoms with Gasteiger partial charge >= 0.3 is 0 Å². The number of benzene rings is 4. The Morgan fingerprint density at radius 1 is 0.409 bits per heavy atom. The third-order valence-corrected chi connectivity index (χ3v) is 12.0. The zero-order valence-electron chi connectivity index (χ0n) is 24.4. The van der Waals surface area contributed by atoms with E-state index in [1.165, 1.54) is 0 Å². The van der Waals surface area contributed by atoms with E-state index in [2.05, 4.69) is 24.3 Å². The number of hydrogen-bond donors (Lipinski definition) is 0. The number of rotatable bonds is 11. The molecule has 0 aliphatic rings. The fraction of sp³-hybridized carbons (Fsp3) is 0.118. The van der Waals surface area contributed by atoms with Gasteiger partial charge in [0.2, 0.25) is 0 Å². The van der Waals surface area contributed by atoms with Crippen LogP contribution in [0, 0.1) is 0 Å². The van der Waals surface area contributed by atoms with Crippen molar-refractivity contribution in [2.24, 2.45) is 0 Å². The van der Waals surface area contributed by atoms with Crippen LogP contribution in [0.1, 0.15) is 0 Å². The summed E-state index contributed by atoms with van der Waals surface area (Å²) < 4.78 is 23.4. The zero-order chi connectivity index (χ0) is 30.5. The lowest BCUT2D eigenvalue weighted by atomic mass is 10.1. The minimum absolute atomic E-state index is 0.809. The summed E-state index contributed by atoms with van der Waals surface area (Å²) in [5, 5.41) is 0. The first kappa shape index (κ1) is 30.1. The predicted molar refractivity (Wildman–Crippen MR) is 184 cm³/mol. The van der Waals surface area contributed by atoms with Gasteiger partial charge in [0.25, 0.3) is 0 Å². The van der Waals surface area contributed by atoms with Gasteiger partial charge in [0.1, 0.15) is 23.0 Å². The summed E-state index contributed by atoms with van der Waals surface area (Å²) in [7, 11) is 9.94. The molecule has 4 aromatic carbocycles. The highest BCUT2D eigenvalue weighted by Gasteiger charge is 2.19. The minimum atomic E-state index is 0.809. The van der Waals surface area contributed by atoms with Gasteiger partial charge in [-0.15, -0.1) is 22.7 Å². The van der Waals surface area contributed by atoms with Crippen molar-refractivity contribution in [1.29, 1.82) is 0 Å². The Labute approximate surface area is 272 Å². The quantitative estimate of drug-likeness (QED) is 0.128. The van der Waals surface area contributed by atoms with Gasteiger partial charge in [-0.3, -0.25) is 0 Å². The van der Waals surface area contributed by atoms with Gasteiger partial charge in [-0.25, -0.2) is 9.97 Å². The summed E-state index contributed by atoms with van der Waals surface area (Å²) in [5.74, 6) is 3.26. The maximum Gasteiger partial charge on any atom is 0.162 e. The van der Waals surface area contributed by atoms with Gasteiger partial charge in [0.05, 0.1) is 49.6 Å². The molecule has 0 aliphatic carbocycles. The second-order valence-corrected chi connectivity index (χ2v) is 14.0. The molecule has 0 saturated carbocycles. The molecule has 0 radical (unpaired) electrons. The van der Waals surface area contributed by atoms with Crippen molar-refractivity contribution < 1.29 is 18.9 Å². The largest absolute Gasteiger partial charge is 0.497 e. The zero-order valence-corrected chi connectivity index (χ0v) is 27.7. The molecule has 0 atom stereocenters. The number of ether oxygens (including phenoxy) is 4. The van der Waals surface area contributed by atoms with Crippen LogP contribution >= 0.6 is 44.3 Å². The van der Waals surface area contributed by atoms with Crippen LogP contribution in [0.4, 0.5) is 0 Å². The second-order valence-electron chi connectivity index (χ2n) is 9.40. The second kappa shape index (κ2) is 13.8. The van der Waals surface area contributed by atoms with Gasteiger partial charge in [0.15, 0.2) is 8.68 Å². The highest BCUT2D eigenvalue weighted by Crippen LogP contribution is 2.49. The lowest BCUT2D eigenvalue weighted by Gasteiger charge is -2.05. The maximum atomic E-state index is 5.38. The van der Waals surface area contributed by atoms with Gasteiger partial charge in [-0.1, -0.05) is 0 Å². The van der Waals surface area contributed by atoms with E-state index in [0.717, 1.165) is 75.1 Å². The molecule has 0 bridgehead atoms. The highest BCUT2D eigenvalue weighted by molar-refractivity contribution is 8.77. The van der Waals surface area contributed by atoms with E-state index >= 15 is 0 Å². The summed E-state index contributed by atoms with van der Waals surface area (Å²) in [4.78, 5) is 12.4. The van der Waals surface area contributed by atoms with Crippen LogP contribution in [0.5, 0.6) is 23.0 Å². The van der Waals surface area contributed by atoms with Crippen molar-refractivity contribution in [2.45, 2.75) is 8.68 Å². The average molecular weight is 657 g/mol. The minimum Gasteiger partial charge on any atom is -0.497 e. The first-order valence-corrected chi connectivity index (χ1v) is 17.3. The summed E-state index contributed by atoms with van der Waals surface area (Å²) in [5.41, 5.74) is 6.10. The van der Waals surface area contributed by atoms with Crippen LogP contribution in [0.25, 0.3) is 43.4 Å². The van der Waals surface area contributed by atoms with Gasteiger partial charge < -0.3 is 18.9 Å². The Morgan fingerprint density at radius 3 is 0.955 bits per heavy atom. The molecule has 0 saturated heterocycles. The predicted octanol–water partition coefficient (Wildman–Crippen LogP) is 10.1. The Bertz CT molecular complexity index is 1570. The van der Waals surface area contributed by atoms with E-state index in [0.29, 0.717) is 0 Å². The van der Waals surface area contributed by atoms with Crippen LogP contribution in [0.15, 0.2) is 106 Å². The van der Waals surface area contributed by atoms with E-state index in [1.807, 2.05) is 72.8 Å². The lowest BCUT2D eigenvalue weighted by Crippen LogP contribution is -1.86. The molecule has 2 aromatic heterocycles. The maximum absolute atomic E-state index is 5.38. The van der Waals surface area contributed by atoms with Crippen LogP contribution in [0.2, 0.25) is 0 Å². The van der Waals surface area contributed by atoms with Crippen molar-refractivity contribution in [3.8, 4) is 66.4 Å². The van der Waals surface area contributed by atoms with Crippen LogP contribution < -0.4 is 18.9 Å². The third-order valence-electron chi connectivity index (χ3n) is 6.83. The molecule has 0 aliphatic heterocycles. The molecule has 6 nitrogen and oxygen atoms in total. The first-order chi connectivity index (χ1) is 21.6. The smallest absolute Gasteiger partial charge is 0.162 e. The Hall–Kier alpha value is -3.96. The molecule has 6 aromatic rings. The van der Waals surface area contributed by atoms with Crippen LogP contribution in [-0.4, -0.2) is 38.4 Å². The highest BCUT2D eigenvalue weighted by atomic mass is 33.1. The van der Waals surface area contributed by atoms with E-state index in [-0.39, 0.29) is 0 Å². The van der Waals surface area contributed by atoms with Crippen LogP contribution in [0.3, 0.4) is 0 Å². The third kappa shape index (κ3) is 6.58. The molecule has 0 amide bonds. The Kier molecular flexibility index (Phi) is 9.42. The molecular weight excluding hydrogens is 629 g/mol. The standard InChI is InChI=1S/C34H28N2O4S4/c1-37-25-13-5-21(6-14-25)29-31(23-9-17-27(39-3)18-10-23)41-33(35-29)43-44-34-36-30(22-7-15-26(38-2)16-8-22)32(42-34)24-11-19-28(40-4)20-12-24/h5-20H,1-4H3. The van der Waals surface area contributed by atoms with E-state index in [4.69, 9.17) is 28.9 Å². The number of nitrogens with zero attached hydrogens (tertiary/aromatic N) is 2. The van der Waals surface area contributed by atoms with Crippen molar-refractivity contribution in [1.82, 2.24) is 9.97 Å². The summed E-state index contributed by atoms with van der Waals surface area (Å²) >= 11 is 3.34. The van der Waals surface area contributed by atoms with Crippen molar-refractivity contribution in [3.63, 3.8) is 0 Å². The summed E-state index contributed by atoms with van der Waals surface area (Å²) in [6, 6.07) is 32.2. The fourth-order valence-corrected chi connectivity index (χ4v) is 9.21. The normalized spacial score (nSPS) is 10.9. The van der Waals surface area contributed by atoms with Gasteiger partial charge in [0, 0.05) is 11.1 Å². The van der Waals surface area contributed by atoms with E-state index < -0.39 is 0 Å². The number of methoxy groups -OCH3 is 4. The molecule has 44 heavy (non-hydrogen) atoms. The molecule has 6 rings (SSSR count). The molecule has 0 unspecified atom stereocenters. The summed E-state index contributed by atoms with van der Waals surface area (Å²) in [6.45, 7) is 0. The molecule has 2 heterocycles. The number of hydrogen-bond acceptors (Lipinski definition) is 10. The van der Waals surface area contributed by atoms with Crippen molar-refractivity contribution in [3.05, 3.63) is 97.1 Å². The molecular formula is C34H28N2O4S4. The van der Waals surface area contributed by atoms with Crippen molar-refractivity contribution in [2.75, 3.05) is 28.4 Å². The monoisotopic (exact) mass is 656 g/mol. The first-order valence-electron chi connectivity index (χ1n) is 13.5. The lowest BCUT2D eigenvalue weighted by molar-refractivity contribution is 0.414. The molecule has 10 heteroatoms. The summed E-state index contributed by atoms with van der Waals surface area (Å²) in [6.07, 6.45) is 0. The number of aromatic nitrogens is 2. The van der Waals surface area contributed by atoms with E-state index in [1.54, 1.807) is 72.7 Å².